The fourth-order valence-electron chi connectivity index (χ4n) is 1.83. The van der Waals surface area contributed by atoms with Gasteiger partial charge in [0.1, 0.15) is 0 Å². The van der Waals surface area contributed by atoms with Gasteiger partial charge in [-0.1, -0.05) is 12.1 Å². The van der Waals surface area contributed by atoms with E-state index in [1.165, 1.54) is 0 Å². The van der Waals surface area contributed by atoms with Gasteiger partial charge in [0.25, 0.3) is 0 Å². The number of phenols is 1. The number of nitrogens with one attached hydrogen (secondary N) is 1. The average Bonchev–Trinajstić information content (AvgIpc) is 2.92. The maximum Gasteiger partial charge on any atom is 0.162 e. The molecule has 0 saturated heterocycles. The Hall–Kier alpha value is -2.01. The van der Waals surface area contributed by atoms with E-state index in [9.17, 15) is 5.11 Å². The van der Waals surface area contributed by atoms with Crippen molar-refractivity contribution in [3.8, 4) is 11.5 Å². The van der Waals surface area contributed by atoms with Gasteiger partial charge in [0.2, 0.25) is 0 Å². The van der Waals surface area contributed by atoms with Crippen LogP contribution in [0.1, 0.15) is 12.5 Å². The largest absolute Gasteiger partial charge is 0.504 e. The molecular formula is C14H19N3O2. The van der Waals surface area contributed by atoms with Crippen molar-refractivity contribution in [2.45, 2.75) is 20.0 Å². The normalized spacial score (nSPS) is 10.6. The fourth-order valence-corrected chi connectivity index (χ4v) is 1.83. The van der Waals surface area contributed by atoms with Gasteiger partial charge in [0.05, 0.1) is 12.9 Å². The maximum atomic E-state index is 10.0. The minimum absolute atomic E-state index is 0.222. The standard InChI is InChI=1S/C14H19N3O2/c1-2-19-13-5-3-4-12(14(13)18)10-15-6-8-17-9-7-16-11-17/h3-5,7,9,11,15,18H,2,6,8,10H2,1H3. The number of hydrogen-bond donors (Lipinski definition) is 2. The predicted octanol–water partition coefficient (Wildman–Crippen LogP) is 1.78. The van der Waals surface area contributed by atoms with Crippen LogP contribution in [0.15, 0.2) is 36.9 Å². The molecule has 19 heavy (non-hydrogen) atoms. The van der Waals surface area contributed by atoms with Crippen molar-refractivity contribution in [1.82, 2.24) is 14.9 Å². The number of hydrogen-bond acceptors (Lipinski definition) is 4. The Labute approximate surface area is 112 Å². The molecular weight excluding hydrogens is 242 g/mol. The summed E-state index contributed by atoms with van der Waals surface area (Å²) < 4.78 is 7.36. The van der Waals surface area contributed by atoms with Crippen molar-refractivity contribution in [2.75, 3.05) is 13.2 Å². The van der Waals surface area contributed by atoms with Gasteiger partial charge in [-0.15, -0.1) is 0 Å². The second-order valence-corrected chi connectivity index (χ2v) is 4.17. The number of para-hydroxylation sites is 1. The second-order valence-electron chi connectivity index (χ2n) is 4.17. The van der Waals surface area contributed by atoms with E-state index >= 15 is 0 Å². The molecule has 0 aliphatic rings. The lowest BCUT2D eigenvalue weighted by atomic mass is 10.2. The molecule has 0 saturated carbocycles. The maximum absolute atomic E-state index is 10.0. The summed E-state index contributed by atoms with van der Waals surface area (Å²) in [5, 5.41) is 13.3. The minimum Gasteiger partial charge on any atom is -0.504 e. The Balaban J connectivity index is 1.83. The molecule has 0 radical (unpaired) electrons. The lowest BCUT2D eigenvalue weighted by Crippen LogP contribution is -2.19. The highest BCUT2D eigenvalue weighted by atomic mass is 16.5. The van der Waals surface area contributed by atoms with Gasteiger partial charge in [-0.25, -0.2) is 4.98 Å². The molecule has 0 bridgehead atoms. The minimum atomic E-state index is 0.222. The first-order valence-electron chi connectivity index (χ1n) is 6.41. The zero-order valence-corrected chi connectivity index (χ0v) is 11.0. The number of nitrogens with zero attached hydrogens (tertiary/aromatic N) is 2. The molecule has 1 aromatic heterocycles. The SMILES string of the molecule is CCOc1cccc(CNCCn2ccnc2)c1O. The molecule has 2 aromatic rings. The second kappa shape index (κ2) is 6.80. The van der Waals surface area contributed by atoms with E-state index in [0.717, 1.165) is 18.7 Å². The van der Waals surface area contributed by atoms with Crippen LogP contribution < -0.4 is 10.1 Å². The van der Waals surface area contributed by atoms with Crippen LogP contribution in [-0.2, 0) is 13.1 Å². The first kappa shape index (κ1) is 13.4. The van der Waals surface area contributed by atoms with Crippen LogP contribution >= 0.6 is 0 Å². The highest BCUT2D eigenvalue weighted by Crippen LogP contribution is 2.29. The number of benzene rings is 1. The fraction of sp³-hybridized carbons (Fsp3) is 0.357. The van der Waals surface area contributed by atoms with E-state index in [4.69, 9.17) is 4.74 Å². The number of aromatic nitrogens is 2. The number of aromatic hydroxyl groups is 1. The topological polar surface area (TPSA) is 59.3 Å². The van der Waals surface area contributed by atoms with Gasteiger partial charge in [-0.2, -0.15) is 0 Å². The van der Waals surface area contributed by atoms with E-state index in [0.29, 0.717) is 18.9 Å². The summed E-state index contributed by atoms with van der Waals surface area (Å²) in [5.74, 6) is 0.760. The van der Waals surface area contributed by atoms with Gasteiger partial charge in [-0.05, 0) is 13.0 Å². The molecule has 1 heterocycles. The highest BCUT2D eigenvalue weighted by molar-refractivity contribution is 5.45. The first-order chi connectivity index (χ1) is 9.31. The molecule has 5 heteroatoms. The molecule has 102 valence electrons. The van der Waals surface area contributed by atoms with Crippen molar-refractivity contribution < 1.29 is 9.84 Å². The highest BCUT2D eigenvalue weighted by Gasteiger charge is 2.06. The number of ether oxygens (including phenoxy) is 1. The molecule has 5 nitrogen and oxygen atoms in total. The Morgan fingerprint density at radius 1 is 1.42 bits per heavy atom. The van der Waals surface area contributed by atoms with E-state index in [1.807, 2.05) is 29.8 Å². The smallest absolute Gasteiger partial charge is 0.162 e. The van der Waals surface area contributed by atoms with Gasteiger partial charge < -0.3 is 19.7 Å². The first-order valence-corrected chi connectivity index (χ1v) is 6.41. The van der Waals surface area contributed by atoms with Crippen LogP contribution in [0.2, 0.25) is 0 Å². The van der Waals surface area contributed by atoms with Gasteiger partial charge in [0, 0.05) is 37.6 Å². The third-order valence-corrected chi connectivity index (χ3v) is 2.80. The molecule has 2 rings (SSSR count). The zero-order chi connectivity index (χ0) is 13.5. The van der Waals surface area contributed by atoms with E-state index < -0.39 is 0 Å². The number of phenolic OH excluding ortho intramolecular Hbond substituents is 1. The Bertz CT molecular complexity index is 497. The number of rotatable bonds is 7. The predicted molar refractivity (Wildman–Crippen MR) is 73.2 cm³/mol. The monoisotopic (exact) mass is 261 g/mol. The molecule has 2 N–H and O–H groups in total. The molecule has 0 aliphatic heterocycles. The van der Waals surface area contributed by atoms with Gasteiger partial charge in [-0.3, -0.25) is 0 Å². The lowest BCUT2D eigenvalue weighted by molar-refractivity contribution is 0.316. The molecule has 0 spiro atoms. The summed E-state index contributed by atoms with van der Waals surface area (Å²) in [6, 6.07) is 5.55. The quantitative estimate of drug-likeness (QED) is 0.746. The van der Waals surface area contributed by atoms with E-state index in [1.54, 1.807) is 18.6 Å². The Morgan fingerprint density at radius 2 is 2.32 bits per heavy atom. The summed E-state index contributed by atoms with van der Waals surface area (Å²) in [4.78, 5) is 3.98. The summed E-state index contributed by atoms with van der Waals surface area (Å²) in [7, 11) is 0. The molecule has 0 atom stereocenters. The van der Waals surface area contributed by atoms with Gasteiger partial charge >= 0.3 is 0 Å². The van der Waals surface area contributed by atoms with Crippen LogP contribution in [0.25, 0.3) is 0 Å². The summed E-state index contributed by atoms with van der Waals surface area (Å²) in [6.07, 6.45) is 5.47. The van der Waals surface area contributed by atoms with E-state index in [2.05, 4.69) is 10.3 Å². The molecule has 0 unspecified atom stereocenters. The van der Waals surface area contributed by atoms with Crippen molar-refractivity contribution in [1.29, 1.82) is 0 Å². The third kappa shape index (κ3) is 3.72. The zero-order valence-electron chi connectivity index (χ0n) is 11.0. The van der Waals surface area contributed by atoms with Crippen LogP contribution in [0.3, 0.4) is 0 Å². The molecule has 0 amide bonds. The number of imidazole rings is 1. The molecule has 0 aliphatic carbocycles. The van der Waals surface area contributed by atoms with Gasteiger partial charge in [0.15, 0.2) is 11.5 Å². The summed E-state index contributed by atoms with van der Waals surface area (Å²) >= 11 is 0. The van der Waals surface area contributed by atoms with Crippen LogP contribution in [0.4, 0.5) is 0 Å². The summed E-state index contributed by atoms with van der Waals surface area (Å²) in [6.45, 7) is 4.72. The van der Waals surface area contributed by atoms with Crippen molar-refractivity contribution in [3.63, 3.8) is 0 Å². The van der Waals surface area contributed by atoms with Crippen LogP contribution in [0.5, 0.6) is 11.5 Å². The van der Waals surface area contributed by atoms with Crippen LogP contribution in [-0.4, -0.2) is 27.8 Å². The van der Waals surface area contributed by atoms with Crippen molar-refractivity contribution >= 4 is 0 Å². The van der Waals surface area contributed by atoms with Crippen molar-refractivity contribution in [3.05, 3.63) is 42.5 Å². The average molecular weight is 261 g/mol. The molecule has 0 fully saturated rings. The third-order valence-electron chi connectivity index (χ3n) is 2.80. The lowest BCUT2D eigenvalue weighted by Gasteiger charge is -2.11. The Morgan fingerprint density at radius 3 is 3.05 bits per heavy atom. The van der Waals surface area contributed by atoms with Crippen molar-refractivity contribution in [2.24, 2.45) is 0 Å². The van der Waals surface area contributed by atoms with E-state index in [-0.39, 0.29) is 5.75 Å². The molecule has 1 aromatic carbocycles. The van der Waals surface area contributed by atoms with Crippen LogP contribution in [0, 0.1) is 0 Å². The summed E-state index contributed by atoms with van der Waals surface area (Å²) in [5.41, 5.74) is 0.844. The Kier molecular flexibility index (Phi) is 4.80.